The number of hydrogen-bond acceptors (Lipinski definition) is 3. The monoisotopic (exact) mass is 359 g/mol. The van der Waals surface area contributed by atoms with Crippen LogP contribution in [0.5, 0.6) is 0 Å². The van der Waals surface area contributed by atoms with Gasteiger partial charge < -0.3 is 15.7 Å². The van der Waals surface area contributed by atoms with E-state index >= 15 is 0 Å². The van der Waals surface area contributed by atoms with Crippen molar-refractivity contribution >= 4 is 17.7 Å². The first-order valence-corrected chi connectivity index (χ1v) is 9.57. The number of benzene rings is 1. The average Bonchev–Trinajstić information content (AvgIpc) is 3.33. The van der Waals surface area contributed by atoms with Crippen LogP contribution < -0.4 is 10.6 Å². The van der Waals surface area contributed by atoms with E-state index in [9.17, 15) is 9.59 Å². The van der Waals surface area contributed by atoms with Crippen molar-refractivity contribution in [2.75, 3.05) is 18.4 Å². The maximum absolute atomic E-state index is 12.2. The van der Waals surface area contributed by atoms with E-state index in [0.717, 1.165) is 31.5 Å². The van der Waals surface area contributed by atoms with Crippen LogP contribution in [0.2, 0.25) is 0 Å². The summed E-state index contributed by atoms with van der Waals surface area (Å²) in [5.74, 6) is -0.107. The van der Waals surface area contributed by atoms with Crippen LogP contribution in [0.4, 0.5) is 10.5 Å². The van der Waals surface area contributed by atoms with Gasteiger partial charge in [-0.15, -0.1) is 0 Å². The number of carbonyl (C=O) groups is 2. The SMILES string of the molecule is CCc1ccc(NC(=O)NC2CC(N(CC(=O)O)CC3CC3)C2)cc1C. The molecule has 0 aromatic heterocycles. The lowest BCUT2D eigenvalue weighted by atomic mass is 9.85. The predicted octanol–water partition coefficient (Wildman–Crippen LogP) is 3.01. The number of aryl methyl sites for hydroxylation is 2. The van der Waals surface area contributed by atoms with Crippen LogP contribution >= 0.6 is 0 Å². The summed E-state index contributed by atoms with van der Waals surface area (Å²) in [6, 6.07) is 6.16. The molecule has 142 valence electrons. The fourth-order valence-corrected chi connectivity index (χ4v) is 3.68. The second kappa shape index (κ2) is 8.08. The molecule has 26 heavy (non-hydrogen) atoms. The number of nitrogens with one attached hydrogen (secondary N) is 2. The second-order valence-corrected chi connectivity index (χ2v) is 7.68. The summed E-state index contributed by atoms with van der Waals surface area (Å²) in [6.45, 7) is 5.14. The maximum atomic E-state index is 12.2. The minimum absolute atomic E-state index is 0.100. The Bertz CT molecular complexity index is 666. The van der Waals surface area contributed by atoms with Gasteiger partial charge in [-0.2, -0.15) is 0 Å². The van der Waals surface area contributed by atoms with Crippen molar-refractivity contribution in [2.24, 2.45) is 5.92 Å². The first kappa shape index (κ1) is 18.7. The number of amides is 2. The second-order valence-electron chi connectivity index (χ2n) is 7.68. The Kier molecular flexibility index (Phi) is 5.81. The third-order valence-electron chi connectivity index (χ3n) is 5.47. The van der Waals surface area contributed by atoms with Gasteiger partial charge in [0.05, 0.1) is 6.54 Å². The van der Waals surface area contributed by atoms with Crippen LogP contribution in [0.25, 0.3) is 0 Å². The van der Waals surface area contributed by atoms with Crippen LogP contribution in [0, 0.1) is 12.8 Å². The normalized spacial score (nSPS) is 22.0. The minimum Gasteiger partial charge on any atom is -0.480 e. The van der Waals surface area contributed by atoms with E-state index < -0.39 is 5.97 Å². The van der Waals surface area contributed by atoms with E-state index in [4.69, 9.17) is 5.11 Å². The molecule has 2 aliphatic rings. The first-order chi connectivity index (χ1) is 12.4. The molecule has 0 aliphatic heterocycles. The van der Waals surface area contributed by atoms with Gasteiger partial charge in [0.1, 0.15) is 0 Å². The molecule has 0 saturated heterocycles. The molecule has 0 bridgehead atoms. The number of carboxylic acid groups (broad SMARTS) is 1. The molecule has 6 nitrogen and oxygen atoms in total. The quantitative estimate of drug-likeness (QED) is 0.666. The fraction of sp³-hybridized carbons (Fsp3) is 0.600. The average molecular weight is 359 g/mol. The molecule has 2 saturated carbocycles. The zero-order valence-electron chi connectivity index (χ0n) is 15.6. The minimum atomic E-state index is -0.773. The van der Waals surface area contributed by atoms with Crippen molar-refractivity contribution in [3.05, 3.63) is 29.3 Å². The van der Waals surface area contributed by atoms with E-state index in [0.29, 0.717) is 5.92 Å². The summed E-state index contributed by atoms with van der Waals surface area (Å²) < 4.78 is 0. The molecule has 6 heteroatoms. The number of aliphatic carboxylic acids is 1. The lowest BCUT2D eigenvalue weighted by Gasteiger charge is -2.42. The summed E-state index contributed by atoms with van der Waals surface area (Å²) in [4.78, 5) is 25.3. The molecule has 0 spiro atoms. The van der Waals surface area contributed by atoms with Crippen molar-refractivity contribution in [2.45, 2.75) is 58.0 Å². The van der Waals surface area contributed by atoms with Gasteiger partial charge in [0.25, 0.3) is 0 Å². The molecule has 0 radical (unpaired) electrons. The van der Waals surface area contributed by atoms with E-state index in [1.807, 2.05) is 18.2 Å². The Morgan fingerprint density at radius 2 is 2.00 bits per heavy atom. The zero-order valence-corrected chi connectivity index (χ0v) is 15.6. The molecule has 2 aliphatic carbocycles. The lowest BCUT2D eigenvalue weighted by molar-refractivity contribution is -0.139. The molecule has 0 unspecified atom stereocenters. The molecular formula is C20H29N3O3. The van der Waals surface area contributed by atoms with Crippen LogP contribution in [-0.4, -0.2) is 47.2 Å². The smallest absolute Gasteiger partial charge is 0.319 e. The molecule has 2 amide bonds. The summed E-state index contributed by atoms with van der Waals surface area (Å²) in [5.41, 5.74) is 3.26. The first-order valence-electron chi connectivity index (χ1n) is 9.57. The van der Waals surface area contributed by atoms with Crippen LogP contribution in [0.3, 0.4) is 0 Å². The van der Waals surface area contributed by atoms with Gasteiger partial charge in [-0.3, -0.25) is 9.69 Å². The molecule has 0 atom stereocenters. The molecule has 2 fully saturated rings. The summed E-state index contributed by atoms with van der Waals surface area (Å²) >= 11 is 0. The van der Waals surface area contributed by atoms with Gasteiger partial charge >= 0.3 is 12.0 Å². The van der Waals surface area contributed by atoms with E-state index in [2.05, 4.69) is 29.4 Å². The highest BCUT2D eigenvalue weighted by molar-refractivity contribution is 5.89. The third-order valence-corrected chi connectivity index (χ3v) is 5.47. The highest BCUT2D eigenvalue weighted by Crippen LogP contribution is 2.33. The van der Waals surface area contributed by atoms with Crippen LogP contribution in [0.1, 0.15) is 43.7 Å². The predicted molar refractivity (Wildman–Crippen MR) is 101 cm³/mol. The molecule has 0 heterocycles. The number of carbonyl (C=O) groups excluding carboxylic acids is 1. The molecule has 3 rings (SSSR count). The van der Waals surface area contributed by atoms with E-state index in [1.165, 1.54) is 24.0 Å². The summed E-state index contributed by atoms with van der Waals surface area (Å²) in [5, 5.41) is 15.0. The van der Waals surface area contributed by atoms with Crippen molar-refractivity contribution < 1.29 is 14.7 Å². The number of urea groups is 1. The number of carboxylic acids is 1. The van der Waals surface area contributed by atoms with Gasteiger partial charge in [-0.25, -0.2) is 4.79 Å². The summed E-state index contributed by atoms with van der Waals surface area (Å²) in [7, 11) is 0. The van der Waals surface area contributed by atoms with Crippen molar-refractivity contribution in [1.82, 2.24) is 10.2 Å². The molecular weight excluding hydrogens is 330 g/mol. The third kappa shape index (κ3) is 4.97. The van der Waals surface area contributed by atoms with Crippen molar-refractivity contribution in [1.29, 1.82) is 0 Å². The number of anilines is 1. The van der Waals surface area contributed by atoms with Gasteiger partial charge in [0.2, 0.25) is 0 Å². The maximum Gasteiger partial charge on any atom is 0.319 e. The largest absolute Gasteiger partial charge is 0.480 e. The zero-order chi connectivity index (χ0) is 18.7. The Morgan fingerprint density at radius 1 is 1.27 bits per heavy atom. The molecule has 3 N–H and O–H groups in total. The Labute approximate surface area is 155 Å². The molecule has 1 aromatic carbocycles. The number of hydrogen-bond donors (Lipinski definition) is 3. The van der Waals surface area contributed by atoms with Gasteiger partial charge in [-0.05, 0) is 68.2 Å². The highest BCUT2D eigenvalue weighted by atomic mass is 16.4. The Morgan fingerprint density at radius 3 is 2.58 bits per heavy atom. The topological polar surface area (TPSA) is 81.7 Å². The Balaban J connectivity index is 1.44. The number of nitrogens with zero attached hydrogens (tertiary/aromatic N) is 1. The molecule has 1 aromatic rings. The van der Waals surface area contributed by atoms with Gasteiger partial charge in [0.15, 0.2) is 0 Å². The van der Waals surface area contributed by atoms with Crippen molar-refractivity contribution in [3.63, 3.8) is 0 Å². The van der Waals surface area contributed by atoms with Gasteiger partial charge in [0, 0.05) is 24.3 Å². The number of rotatable bonds is 8. The van der Waals surface area contributed by atoms with Gasteiger partial charge in [-0.1, -0.05) is 13.0 Å². The fourth-order valence-electron chi connectivity index (χ4n) is 3.68. The van der Waals surface area contributed by atoms with E-state index in [1.54, 1.807) is 0 Å². The standard InChI is InChI=1S/C20H29N3O3/c1-3-15-6-7-16(8-13(15)2)21-20(26)22-17-9-18(10-17)23(12-19(24)25)11-14-4-5-14/h6-8,14,17-18H,3-5,9-12H2,1-2H3,(H,24,25)(H2,21,22,26). The van der Waals surface area contributed by atoms with Crippen molar-refractivity contribution in [3.8, 4) is 0 Å². The van der Waals surface area contributed by atoms with Crippen LogP contribution in [-0.2, 0) is 11.2 Å². The summed E-state index contributed by atoms with van der Waals surface area (Å²) in [6.07, 6.45) is 5.05. The lowest BCUT2D eigenvalue weighted by Crippen LogP contribution is -2.55. The highest BCUT2D eigenvalue weighted by Gasteiger charge is 2.37. The Hall–Kier alpha value is -2.08. The van der Waals surface area contributed by atoms with E-state index in [-0.39, 0.29) is 24.7 Å². The van der Waals surface area contributed by atoms with Crippen LogP contribution in [0.15, 0.2) is 18.2 Å².